The van der Waals surface area contributed by atoms with Gasteiger partial charge in [-0.25, -0.2) is 17.2 Å². The van der Waals surface area contributed by atoms with E-state index in [2.05, 4.69) is 5.10 Å². The summed E-state index contributed by atoms with van der Waals surface area (Å²) < 4.78 is 54.0. The maximum absolute atomic E-state index is 13.4. The van der Waals surface area contributed by atoms with Crippen LogP contribution in [0.5, 0.6) is 0 Å². The van der Waals surface area contributed by atoms with Gasteiger partial charge in [0.15, 0.2) is 0 Å². The van der Waals surface area contributed by atoms with Crippen molar-refractivity contribution >= 4 is 15.7 Å². The highest BCUT2D eigenvalue weighted by molar-refractivity contribution is 7.92. The Bertz CT molecular complexity index is 695. The maximum Gasteiger partial charge on any atom is 0.265 e. The highest BCUT2D eigenvalue weighted by atomic mass is 32.2. The maximum atomic E-state index is 13.4. The number of sulfonamides is 1. The largest absolute Gasteiger partial charge is 0.329 e. The number of aromatic nitrogens is 2. The molecule has 0 radical (unpaired) electrons. The summed E-state index contributed by atoms with van der Waals surface area (Å²) in [5, 5.41) is 3.79. The highest BCUT2D eigenvalue weighted by Gasteiger charge is 2.20. The lowest BCUT2D eigenvalue weighted by atomic mass is 10.3. The van der Waals surface area contributed by atoms with Crippen molar-refractivity contribution in [2.24, 2.45) is 5.73 Å². The van der Waals surface area contributed by atoms with Gasteiger partial charge in [-0.05, 0) is 12.1 Å². The first-order valence-electron chi connectivity index (χ1n) is 5.63. The Kier molecular flexibility index (Phi) is 4.00. The van der Waals surface area contributed by atoms with E-state index in [9.17, 15) is 17.2 Å². The number of halogens is 2. The summed E-state index contributed by atoms with van der Waals surface area (Å²) in [5.74, 6) is -1.99. The van der Waals surface area contributed by atoms with Crippen LogP contribution in [-0.2, 0) is 16.6 Å². The third-order valence-electron chi connectivity index (χ3n) is 2.48. The van der Waals surface area contributed by atoms with Gasteiger partial charge in [0, 0.05) is 12.7 Å². The van der Waals surface area contributed by atoms with Gasteiger partial charge in [0.25, 0.3) is 10.0 Å². The number of rotatable bonds is 5. The van der Waals surface area contributed by atoms with Crippen LogP contribution in [0.2, 0.25) is 0 Å². The highest BCUT2D eigenvalue weighted by Crippen LogP contribution is 2.21. The van der Waals surface area contributed by atoms with E-state index < -0.39 is 27.3 Å². The molecule has 0 unspecified atom stereocenters. The quantitative estimate of drug-likeness (QED) is 0.859. The van der Waals surface area contributed by atoms with Crippen molar-refractivity contribution in [3.05, 3.63) is 42.2 Å². The fraction of sp³-hybridized carbons (Fsp3) is 0.182. The predicted octanol–water partition coefficient (Wildman–Crippen LogP) is 0.921. The molecule has 3 N–H and O–H groups in total. The summed E-state index contributed by atoms with van der Waals surface area (Å²) in [6.45, 7) is 0.625. The molecule has 0 atom stereocenters. The molecule has 0 spiro atoms. The van der Waals surface area contributed by atoms with Crippen molar-refractivity contribution in [1.82, 2.24) is 9.78 Å². The zero-order valence-corrected chi connectivity index (χ0v) is 11.1. The summed E-state index contributed by atoms with van der Waals surface area (Å²) in [6, 6.07) is 3.05. The molecule has 0 aliphatic carbocycles. The number of nitrogens with zero attached hydrogens (tertiary/aromatic N) is 2. The van der Waals surface area contributed by atoms with Crippen LogP contribution in [-0.4, -0.2) is 24.7 Å². The Labute approximate surface area is 114 Å². The van der Waals surface area contributed by atoms with E-state index in [1.165, 1.54) is 10.9 Å². The monoisotopic (exact) mass is 302 g/mol. The Morgan fingerprint density at radius 1 is 1.30 bits per heavy atom. The molecule has 0 bridgehead atoms. The predicted molar refractivity (Wildman–Crippen MR) is 68.4 cm³/mol. The third-order valence-corrected chi connectivity index (χ3v) is 3.78. The van der Waals surface area contributed by atoms with Gasteiger partial charge in [-0.15, -0.1) is 0 Å². The fourth-order valence-corrected chi connectivity index (χ4v) is 2.55. The summed E-state index contributed by atoms with van der Waals surface area (Å²) in [7, 11) is -4.11. The van der Waals surface area contributed by atoms with Crippen LogP contribution in [0, 0.1) is 11.6 Å². The van der Waals surface area contributed by atoms with Crippen LogP contribution in [0.4, 0.5) is 14.5 Å². The van der Waals surface area contributed by atoms with E-state index >= 15 is 0 Å². The molecule has 0 aliphatic rings. The number of benzene rings is 1. The minimum absolute atomic E-state index is 0.200. The lowest BCUT2D eigenvalue weighted by molar-refractivity contribution is 0.582. The molecule has 6 nitrogen and oxygen atoms in total. The van der Waals surface area contributed by atoms with E-state index in [1.54, 1.807) is 0 Å². The summed E-state index contributed by atoms with van der Waals surface area (Å²) in [4.78, 5) is -0.200. The van der Waals surface area contributed by atoms with Crippen LogP contribution in [0.25, 0.3) is 0 Å². The van der Waals surface area contributed by atoms with E-state index in [-0.39, 0.29) is 11.4 Å². The number of hydrogen-bond acceptors (Lipinski definition) is 4. The lowest BCUT2D eigenvalue weighted by Crippen LogP contribution is -2.15. The van der Waals surface area contributed by atoms with Crippen molar-refractivity contribution in [3.63, 3.8) is 0 Å². The fourth-order valence-electron chi connectivity index (χ4n) is 1.53. The molecule has 9 heteroatoms. The van der Waals surface area contributed by atoms with Gasteiger partial charge in [-0.1, -0.05) is 6.07 Å². The molecule has 2 rings (SSSR count). The first-order valence-corrected chi connectivity index (χ1v) is 7.11. The van der Waals surface area contributed by atoms with Crippen molar-refractivity contribution in [3.8, 4) is 0 Å². The minimum Gasteiger partial charge on any atom is -0.329 e. The molecular weight excluding hydrogens is 290 g/mol. The Morgan fingerprint density at radius 2 is 1.95 bits per heavy atom. The zero-order chi connectivity index (χ0) is 14.8. The molecule has 108 valence electrons. The first-order chi connectivity index (χ1) is 9.44. The summed E-state index contributed by atoms with van der Waals surface area (Å²) in [5.41, 5.74) is 4.59. The van der Waals surface area contributed by atoms with Crippen LogP contribution in [0.3, 0.4) is 0 Å². The van der Waals surface area contributed by atoms with Crippen LogP contribution < -0.4 is 10.5 Å². The molecule has 0 amide bonds. The lowest BCUT2D eigenvalue weighted by Gasteiger charge is -2.08. The molecular formula is C11H12F2N4O2S. The third kappa shape index (κ3) is 2.94. The SMILES string of the molecule is NCCn1cc(S(=O)(=O)Nc2c(F)cccc2F)cn1. The molecule has 1 aromatic carbocycles. The van der Waals surface area contributed by atoms with Gasteiger partial charge in [0.1, 0.15) is 22.2 Å². The van der Waals surface area contributed by atoms with E-state index in [1.807, 2.05) is 4.72 Å². The van der Waals surface area contributed by atoms with Crippen molar-refractivity contribution < 1.29 is 17.2 Å². The summed E-state index contributed by atoms with van der Waals surface area (Å²) in [6.07, 6.45) is 2.31. The van der Waals surface area contributed by atoms with Gasteiger partial charge in [-0.2, -0.15) is 5.10 Å². The van der Waals surface area contributed by atoms with E-state index in [4.69, 9.17) is 5.73 Å². The summed E-state index contributed by atoms with van der Waals surface area (Å²) >= 11 is 0. The van der Waals surface area contributed by atoms with Crippen LogP contribution >= 0.6 is 0 Å². The number of nitrogens with one attached hydrogen (secondary N) is 1. The minimum atomic E-state index is -4.11. The number of hydrogen-bond donors (Lipinski definition) is 2. The number of nitrogens with two attached hydrogens (primary N) is 1. The Morgan fingerprint density at radius 3 is 2.55 bits per heavy atom. The molecule has 0 fully saturated rings. The van der Waals surface area contributed by atoms with Gasteiger partial charge in [0.2, 0.25) is 0 Å². The van der Waals surface area contributed by atoms with Crippen molar-refractivity contribution in [1.29, 1.82) is 0 Å². The average molecular weight is 302 g/mol. The number of anilines is 1. The molecule has 1 aromatic heterocycles. The molecule has 1 heterocycles. The zero-order valence-electron chi connectivity index (χ0n) is 10.3. The van der Waals surface area contributed by atoms with E-state index in [0.717, 1.165) is 24.4 Å². The van der Waals surface area contributed by atoms with E-state index in [0.29, 0.717) is 6.54 Å². The molecule has 0 aliphatic heterocycles. The van der Waals surface area contributed by atoms with Gasteiger partial charge >= 0.3 is 0 Å². The molecule has 0 saturated heterocycles. The Balaban J connectivity index is 2.31. The van der Waals surface area contributed by atoms with Gasteiger partial charge in [0.05, 0.1) is 12.7 Å². The van der Waals surface area contributed by atoms with Crippen LogP contribution in [0.1, 0.15) is 0 Å². The molecule has 20 heavy (non-hydrogen) atoms. The topological polar surface area (TPSA) is 90.0 Å². The molecule has 0 saturated carbocycles. The second-order valence-electron chi connectivity index (χ2n) is 3.93. The normalized spacial score (nSPS) is 11.6. The second-order valence-corrected chi connectivity index (χ2v) is 5.61. The molecule has 2 aromatic rings. The van der Waals surface area contributed by atoms with Crippen LogP contribution in [0.15, 0.2) is 35.5 Å². The second kappa shape index (κ2) is 5.55. The standard InChI is InChI=1S/C11H12F2N4O2S/c12-9-2-1-3-10(13)11(9)16-20(18,19)8-6-15-17(7-8)5-4-14/h1-3,6-7,16H,4-5,14H2. The number of para-hydroxylation sites is 1. The average Bonchev–Trinajstić information content (AvgIpc) is 2.84. The van der Waals surface area contributed by atoms with Gasteiger partial charge in [-0.3, -0.25) is 9.40 Å². The van der Waals surface area contributed by atoms with Crippen molar-refractivity contribution in [2.75, 3.05) is 11.3 Å². The Hall–Kier alpha value is -2.00. The smallest absolute Gasteiger partial charge is 0.265 e. The van der Waals surface area contributed by atoms with Crippen molar-refractivity contribution in [2.45, 2.75) is 11.4 Å². The first kappa shape index (κ1) is 14.4. The van der Waals surface area contributed by atoms with Gasteiger partial charge < -0.3 is 5.73 Å².